The quantitative estimate of drug-likeness (QED) is 0.663. The topological polar surface area (TPSA) is 76.4 Å². The number of amides is 1. The van der Waals surface area contributed by atoms with Gasteiger partial charge in [-0.15, -0.1) is 0 Å². The minimum atomic E-state index is -0.0797. The standard InChI is InChI=1S/C14H23N3O2/c1-3-7-16-14(18)9-12(10-15)17-11-5-4-6-13(8-11)19-2/h4-6,8,12,17H,3,7,9-10,15H2,1-2H3,(H,16,18). The van der Waals surface area contributed by atoms with Gasteiger partial charge in [0.05, 0.1) is 7.11 Å². The molecule has 1 unspecified atom stereocenters. The summed E-state index contributed by atoms with van der Waals surface area (Å²) in [6.07, 6.45) is 1.30. The number of hydrogen-bond donors (Lipinski definition) is 3. The van der Waals surface area contributed by atoms with Crippen LogP contribution in [0.3, 0.4) is 0 Å². The highest BCUT2D eigenvalue weighted by Gasteiger charge is 2.12. The van der Waals surface area contributed by atoms with Crippen LogP contribution in [0, 0.1) is 0 Å². The Kier molecular flexibility index (Phi) is 6.74. The van der Waals surface area contributed by atoms with Crippen LogP contribution in [0.2, 0.25) is 0 Å². The van der Waals surface area contributed by atoms with E-state index in [2.05, 4.69) is 10.6 Å². The number of carbonyl (C=O) groups excluding carboxylic acids is 1. The van der Waals surface area contributed by atoms with Gasteiger partial charge in [-0.05, 0) is 18.6 Å². The summed E-state index contributed by atoms with van der Waals surface area (Å²) >= 11 is 0. The Hall–Kier alpha value is -1.75. The van der Waals surface area contributed by atoms with Crippen LogP contribution in [0.15, 0.2) is 24.3 Å². The van der Waals surface area contributed by atoms with Crippen molar-refractivity contribution in [2.24, 2.45) is 5.73 Å². The normalized spacial score (nSPS) is 11.7. The SMILES string of the molecule is CCCNC(=O)CC(CN)Nc1cccc(OC)c1. The molecular formula is C14H23N3O2. The van der Waals surface area contributed by atoms with Crippen LogP contribution in [0.4, 0.5) is 5.69 Å². The van der Waals surface area contributed by atoms with Crippen LogP contribution in [0.5, 0.6) is 5.75 Å². The molecule has 1 atom stereocenters. The van der Waals surface area contributed by atoms with Crippen LogP contribution in [-0.4, -0.2) is 32.1 Å². The third-order valence-electron chi connectivity index (χ3n) is 2.73. The van der Waals surface area contributed by atoms with Gasteiger partial charge in [-0.25, -0.2) is 0 Å². The average Bonchev–Trinajstić information content (AvgIpc) is 2.44. The van der Waals surface area contributed by atoms with E-state index in [-0.39, 0.29) is 11.9 Å². The number of ether oxygens (including phenoxy) is 1. The molecule has 5 nitrogen and oxygen atoms in total. The lowest BCUT2D eigenvalue weighted by Crippen LogP contribution is -2.36. The molecule has 1 amide bonds. The Balaban J connectivity index is 2.53. The van der Waals surface area contributed by atoms with E-state index in [4.69, 9.17) is 10.5 Å². The number of carbonyl (C=O) groups is 1. The van der Waals surface area contributed by atoms with E-state index in [9.17, 15) is 4.79 Å². The lowest BCUT2D eigenvalue weighted by molar-refractivity contribution is -0.121. The molecule has 1 aromatic carbocycles. The highest BCUT2D eigenvalue weighted by atomic mass is 16.5. The van der Waals surface area contributed by atoms with Gasteiger partial charge in [0.2, 0.25) is 5.91 Å². The van der Waals surface area contributed by atoms with Crippen molar-refractivity contribution in [1.29, 1.82) is 0 Å². The maximum Gasteiger partial charge on any atom is 0.222 e. The first-order chi connectivity index (χ1) is 9.19. The molecule has 4 N–H and O–H groups in total. The summed E-state index contributed by atoms with van der Waals surface area (Å²) in [6.45, 7) is 3.13. The molecule has 1 aromatic rings. The second-order valence-electron chi connectivity index (χ2n) is 4.36. The molecule has 0 aliphatic rings. The zero-order chi connectivity index (χ0) is 14.1. The smallest absolute Gasteiger partial charge is 0.222 e. The first-order valence-corrected chi connectivity index (χ1v) is 6.57. The van der Waals surface area contributed by atoms with Crippen molar-refractivity contribution in [1.82, 2.24) is 5.32 Å². The molecule has 0 aliphatic heterocycles. The van der Waals surface area contributed by atoms with Crippen LogP contribution < -0.4 is 21.1 Å². The molecule has 0 bridgehead atoms. The van der Waals surface area contributed by atoms with E-state index in [1.807, 2.05) is 31.2 Å². The predicted molar refractivity (Wildman–Crippen MR) is 77.4 cm³/mol. The largest absolute Gasteiger partial charge is 0.497 e. The van der Waals surface area contributed by atoms with Crippen molar-refractivity contribution in [3.05, 3.63) is 24.3 Å². The first kappa shape index (κ1) is 15.3. The Labute approximate surface area is 114 Å². The number of nitrogens with one attached hydrogen (secondary N) is 2. The molecule has 0 aliphatic carbocycles. The maximum atomic E-state index is 11.7. The molecule has 0 fully saturated rings. The summed E-state index contributed by atoms with van der Waals surface area (Å²) in [5, 5.41) is 6.09. The van der Waals surface area contributed by atoms with Crippen LogP contribution >= 0.6 is 0 Å². The van der Waals surface area contributed by atoms with E-state index in [1.165, 1.54) is 0 Å². The fourth-order valence-corrected chi connectivity index (χ4v) is 1.70. The number of rotatable bonds is 8. The summed E-state index contributed by atoms with van der Waals surface area (Å²) in [6, 6.07) is 7.49. The van der Waals surface area contributed by atoms with Gasteiger partial charge in [0.25, 0.3) is 0 Å². The zero-order valence-electron chi connectivity index (χ0n) is 11.6. The Morgan fingerprint density at radius 2 is 2.26 bits per heavy atom. The number of methoxy groups -OCH3 is 1. The number of hydrogen-bond acceptors (Lipinski definition) is 4. The number of anilines is 1. The van der Waals surface area contributed by atoms with Gasteiger partial charge in [-0.3, -0.25) is 4.79 Å². The van der Waals surface area contributed by atoms with Crippen molar-refractivity contribution >= 4 is 11.6 Å². The first-order valence-electron chi connectivity index (χ1n) is 6.57. The van der Waals surface area contributed by atoms with Gasteiger partial charge in [0.15, 0.2) is 0 Å². The molecule has 0 heterocycles. The summed E-state index contributed by atoms with van der Waals surface area (Å²) in [4.78, 5) is 11.7. The molecule has 0 saturated carbocycles. The van der Waals surface area contributed by atoms with E-state index in [1.54, 1.807) is 7.11 Å². The van der Waals surface area contributed by atoms with Crippen molar-refractivity contribution < 1.29 is 9.53 Å². The Morgan fingerprint density at radius 3 is 2.89 bits per heavy atom. The molecule has 19 heavy (non-hydrogen) atoms. The molecule has 5 heteroatoms. The van der Waals surface area contributed by atoms with E-state index < -0.39 is 0 Å². The van der Waals surface area contributed by atoms with Crippen molar-refractivity contribution in [3.63, 3.8) is 0 Å². The molecule has 0 aromatic heterocycles. The lowest BCUT2D eigenvalue weighted by atomic mass is 10.1. The van der Waals surface area contributed by atoms with Gasteiger partial charge in [0.1, 0.15) is 5.75 Å². The highest BCUT2D eigenvalue weighted by Crippen LogP contribution is 2.17. The number of nitrogens with two attached hydrogens (primary N) is 1. The third-order valence-corrected chi connectivity index (χ3v) is 2.73. The predicted octanol–water partition coefficient (Wildman–Crippen LogP) is 1.35. The molecule has 0 spiro atoms. The van der Waals surface area contributed by atoms with E-state index >= 15 is 0 Å². The maximum absolute atomic E-state index is 11.7. The van der Waals surface area contributed by atoms with Gasteiger partial charge in [0, 0.05) is 37.3 Å². The van der Waals surface area contributed by atoms with Crippen molar-refractivity contribution in [3.8, 4) is 5.75 Å². The molecule has 106 valence electrons. The fraction of sp³-hybridized carbons (Fsp3) is 0.500. The monoisotopic (exact) mass is 265 g/mol. The summed E-state index contributed by atoms with van der Waals surface area (Å²) in [5.74, 6) is 0.795. The Morgan fingerprint density at radius 1 is 1.47 bits per heavy atom. The third kappa shape index (κ3) is 5.61. The summed E-state index contributed by atoms with van der Waals surface area (Å²) in [7, 11) is 1.62. The zero-order valence-corrected chi connectivity index (χ0v) is 11.6. The van der Waals surface area contributed by atoms with Crippen LogP contribution in [0.25, 0.3) is 0 Å². The molecule has 1 rings (SSSR count). The van der Waals surface area contributed by atoms with Gasteiger partial charge in [-0.2, -0.15) is 0 Å². The lowest BCUT2D eigenvalue weighted by Gasteiger charge is -2.18. The molecule has 0 saturated heterocycles. The Bertz CT molecular complexity index is 396. The second-order valence-corrected chi connectivity index (χ2v) is 4.36. The summed E-state index contributed by atoms with van der Waals surface area (Å²) in [5.41, 5.74) is 6.60. The van der Waals surface area contributed by atoms with Crippen molar-refractivity contribution in [2.75, 3.05) is 25.5 Å². The van der Waals surface area contributed by atoms with Crippen molar-refractivity contribution in [2.45, 2.75) is 25.8 Å². The summed E-state index contributed by atoms with van der Waals surface area (Å²) < 4.78 is 5.15. The minimum absolute atomic E-state index is 0.0210. The van der Waals surface area contributed by atoms with E-state index in [0.717, 1.165) is 17.9 Å². The van der Waals surface area contributed by atoms with Gasteiger partial charge in [-0.1, -0.05) is 13.0 Å². The number of benzene rings is 1. The highest BCUT2D eigenvalue weighted by molar-refractivity contribution is 5.77. The second kappa shape index (κ2) is 8.37. The van der Waals surface area contributed by atoms with Gasteiger partial charge >= 0.3 is 0 Å². The molecule has 0 radical (unpaired) electrons. The molecular weight excluding hydrogens is 242 g/mol. The average molecular weight is 265 g/mol. The van der Waals surface area contributed by atoms with Crippen LogP contribution in [-0.2, 0) is 4.79 Å². The van der Waals surface area contributed by atoms with Gasteiger partial charge < -0.3 is 21.1 Å². The van der Waals surface area contributed by atoms with E-state index in [0.29, 0.717) is 19.5 Å². The fourth-order valence-electron chi connectivity index (χ4n) is 1.70. The van der Waals surface area contributed by atoms with Crippen LogP contribution in [0.1, 0.15) is 19.8 Å². The minimum Gasteiger partial charge on any atom is -0.497 e.